The maximum absolute atomic E-state index is 12.4. The molecule has 1 fully saturated rings. The summed E-state index contributed by atoms with van der Waals surface area (Å²) >= 11 is 13.6. The number of nitrogens with one attached hydrogen (secondary N) is 1. The minimum atomic E-state index is -0.234. The molecule has 1 saturated heterocycles. The van der Waals surface area contributed by atoms with Crippen LogP contribution in [0.5, 0.6) is 11.5 Å². The summed E-state index contributed by atoms with van der Waals surface area (Å²) in [6.07, 6.45) is 1.74. The van der Waals surface area contributed by atoms with Crippen molar-refractivity contribution in [3.63, 3.8) is 0 Å². The number of hydrogen-bond acceptors (Lipinski definition) is 5. The molecular formula is C24H18Cl2N2O3S. The number of amides is 1. The molecule has 0 atom stereocenters. The average Bonchev–Trinajstić information content (AvgIpc) is 3.13. The van der Waals surface area contributed by atoms with Crippen LogP contribution in [0.25, 0.3) is 6.08 Å². The molecule has 4 rings (SSSR count). The lowest BCUT2D eigenvalue weighted by atomic mass is 10.1. The third kappa shape index (κ3) is 5.46. The molecule has 8 heteroatoms. The van der Waals surface area contributed by atoms with Gasteiger partial charge in [0.15, 0.2) is 16.7 Å². The van der Waals surface area contributed by atoms with Crippen molar-refractivity contribution < 1.29 is 14.3 Å². The number of nitrogens with zero attached hydrogens (tertiary/aromatic N) is 1. The predicted molar refractivity (Wildman–Crippen MR) is 131 cm³/mol. The monoisotopic (exact) mass is 484 g/mol. The van der Waals surface area contributed by atoms with Crippen LogP contribution in [0.4, 0.5) is 5.69 Å². The van der Waals surface area contributed by atoms with Crippen LogP contribution in [0.1, 0.15) is 11.1 Å². The van der Waals surface area contributed by atoms with E-state index in [-0.39, 0.29) is 5.91 Å². The van der Waals surface area contributed by atoms with Gasteiger partial charge in [0.2, 0.25) is 0 Å². The summed E-state index contributed by atoms with van der Waals surface area (Å²) in [6, 6.07) is 20.3. The number of benzene rings is 3. The number of carbonyl (C=O) groups excluding carboxylic acids is 1. The van der Waals surface area contributed by atoms with Crippen LogP contribution < -0.4 is 14.8 Å². The van der Waals surface area contributed by atoms with Gasteiger partial charge < -0.3 is 14.8 Å². The van der Waals surface area contributed by atoms with Crippen molar-refractivity contribution in [2.24, 2.45) is 4.99 Å². The standard InChI is InChI=1S/C24H18Cl2N2O3S/c1-30-20-12-16(11-19(26)22(20)31-14-15-5-3-2-4-6-15)13-21-23(29)28-24(32-21)27-18-9-7-17(25)8-10-18/h2-13H,14H2,1H3,(H,27,28,29)/b21-13-. The second-order valence-corrected chi connectivity index (χ2v) is 8.64. The summed E-state index contributed by atoms with van der Waals surface area (Å²) in [5.41, 5.74) is 2.43. The molecule has 32 heavy (non-hydrogen) atoms. The number of rotatable bonds is 6. The lowest BCUT2D eigenvalue weighted by Crippen LogP contribution is -2.19. The van der Waals surface area contributed by atoms with Crippen molar-refractivity contribution >= 4 is 57.8 Å². The predicted octanol–water partition coefficient (Wildman–Crippen LogP) is 6.47. The highest BCUT2D eigenvalue weighted by atomic mass is 35.5. The second kappa shape index (κ2) is 10.1. The maximum atomic E-state index is 12.4. The van der Waals surface area contributed by atoms with Crippen LogP contribution in [0, 0.1) is 0 Å². The fourth-order valence-corrected chi connectivity index (χ4v) is 4.20. The zero-order valence-electron chi connectivity index (χ0n) is 17.0. The molecule has 0 aromatic heterocycles. The van der Waals surface area contributed by atoms with Gasteiger partial charge >= 0.3 is 0 Å². The van der Waals surface area contributed by atoms with E-state index in [4.69, 9.17) is 32.7 Å². The lowest BCUT2D eigenvalue weighted by Gasteiger charge is -2.13. The van der Waals surface area contributed by atoms with Crippen molar-refractivity contribution in [3.8, 4) is 11.5 Å². The number of amidine groups is 1. The molecule has 1 N–H and O–H groups in total. The summed E-state index contributed by atoms with van der Waals surface area (Å²) in [5.74, 6) is 0.703. The highest BCUT2D eigenvalue weighted by molar-refractivity contribution is 8.18. The van der Waals surface area contributed by atoms with Crippen molar-refractivity contribution in [1.29, 1.82) is 0 Å². The van der Waals surface area contributed by atoms with E-state index in [1.165, 1.54) is 11.8 Å². The first-order valence-corrected chi connectivity index (χ1v) is 11.2. The summed E-state index contributed by atoms with van der Waals surface area (Å²) in [4.78, 5) is 17.3. The molecule has 0 saturated carbocycles. The van der Waals surface area contributed by atoms with Gasteiger partial charge in [-0.05, 0) is 65.4 Å². The van der Waals surface area contributed by atoms with Crippen LogP contribution in [0.15, 0.2) is 76.6 Å². The van der Waals surface area contributed by atoms with Gasteiger partial charge in [0, 0.05) is 5.02 Å². The zero-order chi connectivity index (χ0) is 22.5. The molecule has 0 radical (unpaired) electrons. The largest absolute Gasteiger partial charge is 0.493 e. The van der Waals surface area contributed by atoms with Gasteiger partial charge in [-0.1, -0.05) is 53.5 Å². The van der Waals surface area contributed by atoms with Gasteiger partial charge in [-0.25, -0.2) is 4.99 Å². The van der Waals surface area contributed by atoms with Crippen molar-refractivity contribution in [2.45, 2.75) is 6.61 Å². The van der Waals surface area contributed by atoms with E-state index in [0.29, 0.717) is 49.5 Å². The second-order valence-electron chi connectivity index (χ2n) is 6.77. The lowest BCUT2D eigenvalue weighted by molar-refractivity contribution is -0.115. The summed E-state index contributed by atoms with van der Waals surface area (Å²) < 4.78 is 11.4. The zero-order valence-corrected chi connectivity index (χ0v) is 19.3. The first kappa shape index (κ1) is 22.3. The molecule has 0 spiro atoms. The molecule has 0 aliphatic carbocycles. The van der Waals surface area contributed by atoms with E-state index in [0.717, 1.165) is 5.56 Å². The number of thioether (sulfide) groups is 1. The number of carbonyl (C=O) groups is 1. The molecule has 3 aromatic rings. The molecule has 3 aromatic carbocycles. The fourth-order valence-electron chi connectivity index (χ4n) is 2.96. The van der Waals surface area contributed by atoms with Gasteiger partial charge in [-0.15, -0.1) is 0 Å². The smallest absolute Gasteiger partial charge is 0.264 e. The number of methoxy groups -OCH3 is 1. The number of aliphatic imine (C=N–C) groups is 1. The SMILES string of the molecule is COc1cc(/C=C2\SC(=Nc3ccc(Cl)cc3)NC2=O)cc(Cl)c1OCc1ccccc1. The van der Waals surface area contributed by atoms with Gasteiger partial charge in [0.25, 0.3) is 5.91 Å². The normalized spacial score (nSPS) is 15.8. The Morgan fingerprint density at radius 1 is 1.06 bits per heavy atom. The highest BCUT2D eigenvalue weighted by Crippen LogP contribution is 2.38. The Hall–Kier alpha value is -2.93. The molecule has 1 aliphatic rings. The van der Waals surface area contributed by atoms with Gasteiger partial charge in [-0.2, -0.15) is 0 Å². The first-order chi connectivity index (χ1) is 15.5. The molecule has 0 bridgehead atoms. The van der Waals surface area contributed by atoms with Crippen LogP contribution in [-0.2, 0) is 11.4 Å². The van der Waals surface area contributed by atoms with Gasteiger partial charge in [0.05, 0.1) is 22.7 Å². The molecule has 162 valence electrons. The van der Waals surface area contributed by atoms with Gasteiger partial charge in [0.1, 0.15) is 6.61 Å². The first-order valence-electron chi connectivity index (χ1n) is 9.61. The molecule has 1 aliphatic heterocycles. The summed E-state index contributed by atoms with van der Waals surface area (Å²) in [5, 5.41) is 4.27. The molecule has 1 heterocycles. The Morgan fingerprint density at radius 2 is 1.81 bits per heavy atom. The average molecular weight is 485 g/mol. The molecule has 5 nitrogen and oxygen atoms in total. The van der Waals surface area contributed by atoms with Gasteiger partial charge in [-0.3, -0.25) is 4.79 Å². The highest BCUT2D eigenvalue weighted by Gasteiger charge is 2.24. The molecular weight excluding hydrogens is 467 g/mol. The quantitative estimate of drug-likeness (QED) is 0.407. The Bertz CT molecular complexity index is 1200. The summed E-state index contributed by atoms with van der Waals surface area (Å²) in [6.45, 7) is 0.361. The maximum Gasteiger partial charge on any atom is 0.264 e. The third-order valence-corrected chi connectivity index (χ3v) is 5.93. The van der Waals surface area contributed by atoms with Crippen molar-refractivity contribution in [3.05, 3.63) is 92.8 Å². The topological polar surface area (TPSA) is 59.9 Å². The fraction of sp³-hybridized carbons (Fsp3) is 0.0833. The van der Waals surface area contributed by atoms with Crippen LogP contribution in [0.2, 0.25) is 10.0 Å². The number of hydrogen-bond donors (Lipinski definition) is 1. The molecule has 0 unspecified atom stereocenters. The van der Waals surface area contributed by atoms with Crippen LogP contribution in [-0.4, -0.2) is 18.2 Å². The number of ether oxygens (including phenoxy) is 2. The Labute approximate surface area is 200 Å². The van der Waals surface area contributed by atoms with E-state index >= 15 is 0 Å². The Kier molecular flexibility index (Phi) is 7.05. The van der Waals surface area contributed by atoms with E-state index in [1.807, 2.05) is 30.3 Å². The minimum absolute atomic E-state index is 0.234. The minimum Gasteiger partial charge on any atom is -0.493 e. The Morgan fingerprint density at radius 3 is 2.53 bits per heavy atom. The van der Waals surface area contributed by atoms with E-state index in [2.05, 4.69) is 10.3 Å². The van der Waals surface area contributed by atoms with E-state index in [1.54, 1.807) is 49.6 Å². The van der Waals surface area contributed by atoms with Crippen LogP contribution >= 0.6 is 35.0 Å². The number of halogens is 2. The summed E-state index contributed by atoms with van der Waals surface area (Å²) in [7, 11) is 1.55. The van der Waals surface area contributed by atoms with Crippen molar-refractivity contribution in [2.75, 3.05) is 7.11 Å². The molecule has 1 amide bonds. The third-order valence-electron chi connectivity index (χ3n) is 4.48. The van der Waals surface area contributed by atoms with E-state index in [9.17, 15) is 4.79 Å². The van der Waals surface area contributed by atoms with Crippen LogP contribution in [0.3, 0.4) is 0 Å². The van der Waals surface area contributed by atoms with E-state index < -0.39 is 0 Å². The van der Waals surface area contributed by atoms with Crippen molar-refractivity contribution in [1.82, 2.24) is 5.32 Å². The Balaban J connectivity index is 1.53.